The maximum absolute atomic E-state index is 12.2. The summed E-state index contributed by atoms with van der Waals surface area (Å²) in [5.41, 5.74) is 1.72. The van der Waals surface area contributed by atoms with E-state index in [9.17, 15) is 9.59 Å². The van der Waals surface area contributed by atoms with Crippen molar-refractivity contribution in [2.24, 2.45) is 0 Å². The van der Waals surface area contributed by atoms with Crippen LogP contribution in [0.5, 0.6) is 11.5 Å². The minimum atomic E-state index is -0.258. The zero-order chi connectivity index (χ0) is 16.8. The Bertz CT molecular complexity index is 711. The average Bonchev–Trinajstić information content (AvgIpc) is 2.54. The molecule has 0 aliphatic rings. The van der Waals surface area contributed by atoms with E-state index in [0.29, 0.717) is 28.4 Å². The molecule has 0 radical (unpaired) electrons. The summed E-state index contributed by atoms with van der Waals surface area (Å²) in [6.45, 7) is 1.43. The molecular weight excluding hydrogens is 296 g/mol. The van der Waals surface area contributed by atoms with Crippen LogP contribution >= 0.6 is 0 Å². The maximum Gasteiger partial charge on any atom is 0.255 e. The van der Waals surface area contributed by atoms with Crippen LogP contribution in [0.1, 0.15) is 17.3 Å². The van der Waals surface area contributed by atoms with Crippen LogP contribution in [0.25, 0.3) is 0 Å². The largest absolute Gasteiger partial charge is 0.493 e. The highest BCUT2D eigenvalue weighted by molar-refractivity contribution is 6.04. The summed E-state index contributed by atoms with van der Waals surface area (Å²) < 4.78 is 10.4. The van der Waals surface area contributed by atoms with Crippen molar-refractivity contribution in [1.29, 1.82) is 0 Å². The van der Waals surface area contributed by atoms with Crippen LogP contribution in [0.2, 0.25) is 0 Å². The summed E-state index contributed by atoms with van der Waals surface area (Å²) in [6.07, 6.45) is 0. The summed E-state index contributed by atoms with van der Waals surface area (Å²) in [5.74, 6) is 0.704. The van der Waals surface area contributed by atoms with Gasteiger partial charge >= 0.3 is 0 Å². The van der Waals surface area contributed by atoms with Gasteiger partial charge in [0.2, 0.25) is 5.91 Å². The van der Waals surface area contributed by atoms with Gasteiger partial charge in [0.05, 0.1) is 14.2 Å². The second-order valence-corrected chi connectivity index (χ2v) is 4.78. The number of methoxy groups -OCH3 is 2. The van der Waals surface area contributed by atoms with Gasteiger partial charge in [0.25, 0.3) is 5.91 Å². The number of nitrogens with one attached hydrogen (secondary N) is 2. The fraction of sp³-hybridized carbons (Fsp3) is 0.176. The van der Waals surface area contributed by atoms with E-state index >= 15 is 0 Å². The van der Waals surface area contributed by atoms with Gasteiger partial charge in [0, 0.05) is 29.9 Å². The minimum absolute atomic E-state index is 0.160. The SMILES string of the molecule is COc1ccc(NC(=O)c2ccc(NC(C)=O)cc2)cc1OC. The predicted octanol–water partition coefficient (Wildman–Crippen LogP) is 2.91. The Morgan fingerprint density at radius 3 is 2.00 bits per heavy atom. The molecule has 0 fully saturated rings. The van der Waals surface area contributed by atoms with Crippen molar-refractivity contribution in [1.82, 2.24) is 0 Å². The van der Waals surface area contributed by atoms with Crippen LogP contribution in [0.4, 0.5) is 11.4 Å². The Labute approximate surface area is 134 Å². The second-order valence-electron chi connectivity index (χ2n) is 4.78. The summed E-state index contributed by atoms with van der Waals surface area (Å²) in [5, 5.41) is 5.43. The average molecular weight is 314 g/mol. The van der Waals surface area contributed by atoms with Gasteiger partial charge in [-0.25, -0.2) is 0 Å². The molecule has 0 aliphatic heterocycles. The molecule has 0 spiro atoms. The van der Waals surface area contributed by atoms with Crippen molar-refractivity contribution in [2.75, 3.05) is 24.9 Å². The van der Waals surface area contributed by atoms with Crippen molar-refractivity contribution in [3.63, 3.8) is 0 Å². The van der Waals surface area contributed by atoms with E-state index in [1.165, 1.54) is 14.0 Å². The molecule has 0 saturated heterocycles. The van der Waals surface area contributed by atoms with Crippen LogP contribution in [-0.4, -0.2) is 26.0 Å². The van der Waals surface area contributed by atoms with Gasteiger partial charge in [-0.3, -0.25) is 9.59 Å². The number of carbonyl (C=O) groups excluding carboxylic acids is 2. The molecule has 23 heavy (non-hydrogen) atoms. The molecular formula is C17H18N2O4. The summed E-state index contributed by atoms with van der Waals surface area (Å²) in [7, 11) is 3.08. The lowest BCUT2D eigenvalue weighted by Gasteiger charge is -2.11. The number of rotatable bonds is 5. The third-order valence-electron chi connectivity index (χ3n) is 3.11. The smallest absolute Gasteiger partial charge is 0.255 e. The second kappa shape index (κ2) is 7.31. The lowest BCUT2D eigenvalue weighted by Crippen LogP contribution is -2.12. The van der Waals surface area contributed by atoms with Crippen LogP contribution in [-0.2, 0) is 4.79 Å². The number of anilines is 2. The Morgan fingerprint density at radius 2 is 1.43 bits per heavy atom. The molecule has 2 amide bonds. The molecule has 2 N–H and O–H groups in total. The van der Waals surface area contributed by atoms with E-state index in [4.69, 9.17) is 9.47 Å². The van der Waals surface area contributed by atoms with Gasteiger partial charge < -0.3 is 20.1 Å². The standard InChI is InChI=1S/C17H18N2O4/c1-11(20)18-13-6-4-12(5-7-13)17(21)19-14-8-9-15(22-2)16(10-14)23-3/h4-10H,1-3H3,(H,18,20)(H,19,21). The molecule has 0 aromatic heterocycles. The molecule has 0 unspecified atom stereocenters. The lowest BCUT2D eigenvalue weighted by molar-refractivity contribution is -0.114. The normalized spacial score (nSPS) is 9.87. The highest BCUT2D eigenvalue weighted by Crippen LogP contribution is 2.29. The molecule has 120 valence electrons. The Kier molecular flexibility index (Phi) is 5.19. The van der Waals surface area contributed by atoms with Crippen molar-refractivity contribution in [3.8, 4) is 11.5 Å². The monoisotopic (exact) mass is 314 g/mol. The van der Waals surface area contributed by atoms with Gasteiger partial charge in [0.15, 0.2) is 11.5 Å². The van der Waals surface area contributed by atoms with Crippen molar-refractivity contribution < 1.29 is 19.1 Å². The third-order valence-corrected chi connectivity index (χ3v) is 3.11. The molecule has 0 aliphatic carbocycles. The quantitative estimate of drug-likeness (QED) is 0.889. The first-order chi connectivity index (χ1) is 11.0. The first-order valence-corrected chi connectivity index (χ1v) is 6.94. The number of benzene rings is 2. The van der Waals surface area contributed by atoms with Crippen LogP contribution in [0.15, 0.2) is 42.5 Å². The molecule has 0 bridgehead atoms. The fourth-order valence-corrected chi connectivity index (χ4v) is 2.03. The first-order valence-electron chi connectivity index (χ1n) is 6.94. The minimum Gasteiger partial charge on any atom is -0.493 e. The Hall–Kier alpha value is -3.02. The highest BCUT2D eigenvalue weighted by atomic mass is 16.5. The van der Waals surface area contributed by atoms with Crippen LogP contribution < -0.4 is 20.1 Å². The van der Waals surface area contributed by atoms with E-state index in [1.54, 1.807) is 49.6 Å². The maximum atomic E-state index is 12.2. The van der Waals surface area contributed by atoms with Crippen LogP contribution in [0.3, 0.4) is 0 Å². The number of hydrogen-bond acceptors (Lipinski definition) is 4. The Balaban J connectivity index is 2.11. The van der Waals surface area contributed by atoms with Gasteiger partial charge in [-0.2, -0.15) is 0 Å². The number of ether oxygens (including phenoxy) is 2. The fourth-order valence-electron chi connectivity index (χ4n) is 2.03. The topological polar surface area (TPSA) is 76.7 Å². The Morgan fingerprint density at radius 1 is 0.826 bits per heavy atom. The lowest BCUT2D eigenvalue weighted by atomic mass is 10.2. The molecule has 0 heterocycles. The van der Waals surface area contributed by atoms with E-state index in [1.807, 2.05) is 0 Å². The summed E-state index contributed by atoms with van der Waals surface area (Å²) in [4.78, 5) is 23.2. The number of hydrogen-bond donors (Lipinski definition) is 2. The molecule has 2 aromatic carbocycles. The molecule has 0 atom stereocenters. The predicted molar refractivity (Wildman–Crippen MR) is 88.2 cm³/mol. The van der Waals surface area contributed by atoms with Crippen LogP contribution in [0, 0.1) is 0 Å². The highest BCUT2D eigenvalue weighted by Gasteiger charge is 2.09. The van der Waals surface area contributed by atoms with E-state index in [-0.39, 0.29) is 11.8 Å². The number of amides is 2. The summed E-state index contributed by atoms with van der Waals surface area (Å²) >= 11 is 0. The summed E-state index contributed by atoms with van der Waals surface area (Å²) in [6, 6.07) is 11.8. The molecule has 2 rings (SSSR count). The molecule has 6 heteroatoms. The first kappa shape index (κ1) is 16.4. The molecule has 0 saturated carbocycles. The van der Waals surface area contributed by atoms with Gasteiger partial charge in [-0.15, -0.1) is 0 Å². The third kappa shape index (κ3) is 4.23. The van der Waals surface area contributed by atoms with Crippen molar-refractivity contribution >= 4 is 23.2 Å². The zero-order valence-corrected chi connectivity index (χ0v) is 13.2. The van der Waals surface area contributed by atoms with Gasteiger partial charge in [-0.1, -0.05) is 0 Å². The van der Waals surface area contributed by atoms with Crippen molar-refractivity contribution in [2.45, 2.75) is 6.92 Å². The molecule has 6 nitrogen and oxygen atoms in total. The van der Waals surface area contributed by atoms with Crippen molar-refractivity contribution in [3.05, 3.63) is 48.0 Å². The van der Waals surface area contributed by atoms with E-state index < -0.39 is 0 Å². The van der Waals surface area contributed by atoms with E-state index in [2.05, 4.69) is 10.6 Å². The zero-order valence-electron chi connectivity index (χ0n) is 13.2. The molecule has 2 aromatic rings. The van der Waals surface area contributed by atoms with Gasteiger partial charge in [0.1, 0.15) is 0 Å². The van der Waals surface area contributed by atoms with E-state index in [0.717, 1.165) is 0 Å². The van der Waals surface area contributed by atoms with Gasteiger partial charge in [-0.05, 0) is 36.4 Å². The number of carbonyl (C=O) groups is 2.